The van der Waals surface area contributed by atoms with Gasteiger partial charge in [-0.25, -0.2) is 0 Å². The lowest BCUT2D eigenvalue weighted by Gasteiger charge is -2.08. The minimum absolute atomic E-state index is 0.0708. The quantitative estimate of drug-likeness (QED) is 0.465. The summed E-state index contributed by atoms with van der Waals surface area (Å²) in [5, 5.41) is 11.7. The number of halogens is 1. The Labute approximate surface area is 160 Å². The average Bonchev–Trinajstić information content (AvgIpc) is 2.67. The molecule has 4 heteroatoms. The fraction of sp³-hybridized carbons (Fsp3) is 0. The molecule has 1 heterocycles. The number of nitrogens with one attached hydrogen (secondary N) is 1. The van der Waals surface area contributed by atoms with E-state index in [1.165, 1.54) is 0 Å². The molecule has 0 spiro atoms. The number of hydrogen-bond donors (Lipinski definition) is 2. The highest BCUT2D eigenvalue weighted by molar-refractivity contribution is 6.31. The van der Waals surface area contributed by atoms with E-state index in [-0.39, 0.29) is 16.9 Å². The van der Waals surface area contributed by atoms with Gasteiger partial charge in [0.05, 0.1) is 11.1 Å². The first-order chi connectivity index (χ1) is 13.1. The van der Waals surface area contributed by atoms with E-state index in [0.29, 0.717) is 21.5 Å². The second-order valence-electron chi connectivity index (χ2n) is 6.06. The average molecular weight is 372 g/mol. The summed E-state index contributed by atoms with van der Waals surface area (Å²) in [5.74, 6) is 6.11. The Kier molecular flexibility index (Phi) is 4.42. The van der Waals surface area contributed by atoms with E-state index >= 15 is 0 Å². The van der Waals surface area contributed by atoms with E-state index < -0.39 is 0 Å². The third-order valence-corrected chi connectivity index (χ3v) is 4.46. The first kappa shape index (κ1) is 17.0. The highest BCUT2D eigenvalue weighted by Crippen LogP contribution is 2.33. The molecule has 0 radical (unpaired) electrons. The normalized spacial score (nSPS) is 10.4. The van der Waals surface area contributed by atoms with Crippen LogP contribution in [0.25, 0.3) is 22.0 Å². The van der Waals surface area contributed by atoms with Crippen molar-refractivity contribution < 1.29 is 5.11 Å². The van der Waals surface area contributed by atoms with Gasteiger partial charge in [0.1, 0.15) is 5.75 Å². The lowest BCUT2D eigenvalue weighted by molar-refractivity contribution is 0.482. The zero-order chi connectivity index (χ0) is 18.8. The largest absolute Gasteiger partial charge is 0.506 e. The first-order valence-electron chi connectivity index (χ1n) is 8.34. The topological polar surface area (TPSA) is 53.1 Å². The molecule has 0 amide bonds. The molecule has 0 aliphatic rings. The summed E-state index contributed by atoms with van der Waals surface area (Å²) < 4.78 is 0. The molecule has 0 bridgehead atoms. The molecule has 4 aromatic rings. The Morgan fingerprint density at radius 2 is 1.59 bits per heavy atom. The van der Waals surface area contributed by atoms with Crippen molar-refractivity contribution in [2.75, 3.05) is 0 Å². The van der Waals surface area contributed by atoms with Crippen LogP contribution in [0.5, 0.6) is 5.75 Å². The molecule has 4 rings (SSSR count). The van der Waals surface area contributed by atoms with Crippen molar-refractivity contribution in [2.24, 2.45) is 0 Å². The fourth-order valence-electron chi connectivity index (χ4n) is 2.94. The number of rotatable bonds is 1. The van der Waals surface area contributed by atoms with Gasteiger partial charge in [0, 0.05) is 21.5 Å². The monoisotopic (exact) mass is 371 g/mol. The molecule has 130 valence electrons. The zero-order valence-corrected chi connectivity index (χ0v) is 14.9. The molecule has 0 fully saturated rings. The maximum absolute atomic E-state index is 12.6. The molecule has 0 saturated carbocycles. The highest BCUT2D eigenvalue weighted by Gasteiger charge is 2.14. The number of aromatic nitrogens is 1. The van der Waals surface area contributed by atoms with Gasteiger partial charge in [-0.3, -0.25) is 4.79 Å². The number of fused-ring (bicyclic) bond motifs is 1. The van der Waals surface area contributed by atoms with Gasteiger partial charge in [-0.1, -0.05) is 53.8 Å². The minimum Gasteiger partial charge on any atom is -0.506 e. The van der Waals surface area contributed by atoms with E-state index in [4.69, 9.17) is 11.6 Å². The van der Waals surface area contributed by atoms with Crippen LogP contribution in [0.15, 0.2) is 77.6 Å². The molecule has 3 aromatic carbocycles. The van der Waals surface area contributed by atoms with E-state index in [0.717, 1.165) is 11.1 Å². The Hall–Kier alpha value is -3.48. The third-order valence-electron chi connectivity index (χ3n) is 4.23. The maximum Gasteiger partial charge on any atom is 0.260 e. The van der Waals surface area contributed by atoms with Crippen molar-refractivity contribution in [1.82, 2.24) is 4.98 Å². The van der Waals surface area contributed by atoms with E-state index in [1.54, 1.807) is 30.3 Å². The van der Waals surface area contributed by atoms with E-state index in [9.17, 15) is 9.90 Å². The van der Waals surface area contributed by atoms with Crippen LogP contribution in [-0.2, 0) is 0 Å². The molecule has 27 heavy (non-hydrogen) atoms. The molecule has 0 unspecified atom stereocenters. The van der Waals surface area contributed by atoms with Gasteiger partial charge in [-0.15, -0.1) is 0 Å². The second-order valence-corrected chi connectivity index (χ2v) is 6.50. The molecule has 0 saturated heterocycles. The zero-order valence-electron chi connectivity index (χ0n) is 14.2. The van der Waals surface area contributed by atoms with Crippen molar-refractivity contribution >= 4 is 22.5 Å². The number of hydrogen-bond acceptors (Lipinski definition) is 2. The summed E-state index contributed by atoms with van der Waals surface area (Å²) in [4.78, 5) is 15.3. The standard InChI is InChI=1S/C23H14ClNO2/c24-18-11-12-19-20(14-18)25-23(27)21(22(19)26)17-8-4-7-16(13-17)10-9-15-5-2-1-3-6-15/h1-8,11-14H,(H2,25,26,27). The van der Waals surface area contributed by atoms with Gasteiger partial charge in [-0.2, -0.15) is 0 Å². The molecule has 0 aliphatic heterocycles. The van der Waals surface area contributed by atoms with Gasteiger partial charge in [0.15, 0.2) is 0 Å². The Morgan fingerprint density at radius 3 is 2.41 bits per heavy atom. The predicted octanol–water partition coefficient (Wildman–Crippen LogP) is 4.95. The molecule has 0 atom stereocenters. The van der Waals surface area contributed by atoms with Gasteiger partial charge < -0.3 is 10.1 Å². The van der Waals surface area contributed by atoms with E-state index in [2.05, 4.69) is 16.8 Å². The van der Waals surface area contributed by atoms with Crippen molar-refractivity contribution in [3.63, 3.8) is 0 Å². The summed E-state index contributed by atoms with van der Waals surface area (Å²) in [6, 6.07) is 21.9. The Bertz CT molecular complexity index is 1260. The molecular formula is C23H14ClNO2. The summed E-state index contributed by atoms with van der Waals surface area (Å²) >= 11 is 5.97. The fourth-order valence-corrected chi connectivity index (χ4v) is 3.11. The van der Waals surface area contributed by atoms with Crippen molar-refractivity contribution in [2.45, 2.75) is 0 Å². The summed E-state index contributed by atoms with van der Waals surface area (Å²) in [6.07, 6.45) is 0. The maximum atomic E-state index is 12.6. The van der Waals surface area contributed by atoms with Crippen molar-refractivity contribution in [3.8, 4) is 28.7 Å². The van der Waals surface area contributed by atoms with Crippen LogP contribution in [0.3, 0.4) is 0 Å². The predicted molar refractivity (Wildman–Crippen MR) is 109 cm³/mol. The summed E-state index contributed by atoms with van der Waals surface area (Å²) in [5.41, 5.74) is 2.60. The Balaban J connectivity index is 1.82. The first-order valence-corrected chi connectivity index (χ1v) is 8.71. The minimum atomic E-state index is -0.379. The molecule has 2 N–H and O–H groups in total. The SMILES string of the molecule is O=c1[nH]c2cc(Cl)ccc2c(O)c1-c1cccc(C#Cc2ccccc2)c1. The lowest BCUT2D eigenvalue weighted by Crippen LogP contribution is -2.09. The van der Waals surface area contributed by atoms with Crippen LogP contribution >= 0.6 is 11.6 Å². The molecular weight excluding hydrogens is 358 g/mol. The van der Waals surface area contributed by atoms with Crippen LogP contribution in [0.1, 0.15) is 11.1 Å². The van der Waals surface area contributed by atoms with E-state index in [1.807, 2.05) is 42.5 Å². The smallest absolute Gasteiger partial charge is 0.260 e. The van der Waals surface area contributed by atoms with Crippen LogP contribution in [0, 0.1) is 11.8 Å². The van der Waals surface area contributed by atoms with Gasteiger partial charge in [0.25, 0.3) is 5.56 Å². The summed E-state index contributed by atoms with van der Waals surface area (Å²) in [7, 11) is 0. The number of H-pyrrole nitrogens is 1. The van der Waals surface area contributed by atoms with Crippen molar-refractivity contribution in [3.05, 3.63) is 99.3 Å². The van der Waals surface area contributed by atoms with Crippen LogP contribution in [0.2, 0.25) is 5.02 Å². The summed E-state index contributed by atoms with van der Waals surface area (Å²) in [6.45, 7) is 0. The van der Waals surface area contributed by atoms with Crippen LogP contribution in [0.4, 0.5) is 0 Å². The van der Waals surface area contributed by atoms with Gasteiger partial charge in [0.2, 0.25) is 0 Å². The lowest BCUT2D eigenvalue weighted by atomic mass is 10.0. The number of aromatic amines is 1. The molecule has 3 nitrogen and oxygen atoms in total. The third kappa shape index (κ3) is 3.44. The number of pyridine rings is 1. The van der Waals surface area contributed by atoms with Gasteiger partial charge in [-0.05, 0) is 48.0 Å². The van der Waals surface area contributed by atoms with Crippen LogP contribution in [-0.4, -0.2) is 10.1 Å². The number of aromatic hydroxyl groups is 1. The van der Waals surface area contributed by atoms with Crippen molar-refractivity contribution in [1.29, 1.82) is 0 Å². The Morgan fingerprint density at radius 1 is 0.852 bits per heavy atom. The second kappa shape index (κ2) is 7.03. The van der Waals surface area contributed by atoms with Gasteiger partial charge >= 0.3 is 0 Å². The van der Waals surface area contributed by atoms with Crippen LogP contribution < -0.4 is 5.56 Å². The molecule has 1 aromatic heterocycles. The molecule has 0 aliphatic carbocycles. The number of benzene rings is 3. The highest BCUT2D eigenvalue weighted by atomic mass is 35.5.